The lowest BCUT2D eigenvalue weighted by Gasteiger charge is -2.18. The van der Waals surface area contributed by atoms with Gasteiger partial charge in [0.15, 0.2) is 0 Å². The number of carboxylic acid groups (broad SMARTS) is 1. The quantitative estimate of drug-likeness (QED) is 0.494. The zero-order valence-corrected chi connectivity index (χ0v) is 8.94. The van der Waals surface area contributed by atoms with Crippen LogP contribution in [-0.4, -0.2) is 34.5 Å². The van der Waals surface area contributed by atoms with Crippen molar-refractivity contribution in [3.63, 3.8) is 0 Å². The van der Waals surface area contributed by atoms with Crippen LogP contribution in [-0.2, 0) is 19.1 Å². The Morgan fingerprint density at radius 1 is 1.33 bits per heavy atom. The van der Waals surface area contributed by atoms with E-state index in [1.165, 1.54) is 0 Å². The van der Waals surface area contributed by atoms with E-state index in [0.717, 1.165) is 0 Å². The summed E-state index contributed by atoms with van der Waals surface area (Å²) in [6.45, 7) is 4.82. The molecular formula is C9H15NO5. The molecule has 0 bridgehead atoms. The van der Waals surface area contributed by atoms with Gasteiger partial charge in [0.25, 0.3) is 0 Å². The molecule has 0 aliphatic rings. The number of hydrogen-bond acceptors (Lipinski definition) is 5. The molecule has 0 radical (unpaired) electrons. The summed E-state index contributed by atoms with van der Waals surface area (Å²) in [5.41, 5.74) is 4.31. The van der Waals surface area contributed by atoms with Gasteiger partial charge in [-0.1, -0.05) is 0 Å². The van der Waals surface area contributed by atoms with Crippen molar-refractivity contribution < 1.29 is 24.2 Å². The molecule has 0 fully saturated rings. The van der Waals surface area contributed by atoms with E-state index in [1.54, 1.807) is 20.8 Å². The first-order chi connectivity index (χ1) is 6.63. The summed E-state index contributed by atoms with van der Waals surface area (Å²) in [6.07, 6.45) is -0.551. The van der Waals surface area contributed by atoms with Crippen molar-refractivity contribution in [1.29, 1.82) is 0 Å². The van der Waals surface area contributed by atoms with Crippen LogP contribution >= 0.6 is 0 Å². The Bertz CT molecular complexity index is 279. The van der Waals surface area contributed by atoms with E-state index in [-0.39, 0.29) is 0 Å². The Kier molecular flexibility index (Phi) is 4.41. The van der Waals surface area contributed by atoms with Gasteiger partial charge in [-0.15, -0.1) is 0 Å². The average molecular weight is 217 g/mol. The largest absolute Gasteiger partial charge is 0.480 e. The van der Waals surface area contributed by atoms with Crippen molar-refractivity contribution in [3.05, 3.63) is 0 Å². The van der Waals surface area contributed by atoms with Crippen molar-refractivity contribution in [1.82, 2.24) is 0 Å². The molecule has 0 saturated carbocycles. The van der Waals surface area contributed by atoms with Crippen LogP contribution in [0.15, 0.2) is 0 Å². The molecule has 0 heterocycles. The topological polar surface area (TPSA) is 107 Å². The second kappa shape index (κ2) is 4.88. The molecule has 0 aromatic rings. The maximum atomic E-state index is 11.1. The standard InChI is InChI=1S/C9H15NO5/c1-9(2,3)15-8(14)6(11)4-5(10)7(12)13/h5H,4,10H2,1-3H3,(H,12,13)/t5-/m0/s1. The highest BCUT2D eigenvalue weighted by Crippen LogP contribution is 2.08. The molecule has 0 aromatic carbocycles. The summed E-state index contributed by atoms with van der Waals surface area (Å²) in [7, 11) is 0. The van der Waals surface area contributed by atoms with Gasteiger partial charge in [-0.05, 0) is 20.8 Å². The molecule has 0 saturated heterocycles. The van der Waals surface area contributed by atoms with Gasteiger partial charge in [0.1, 0.15) is 11.6 Å². The number of carboxylic acids is 1. The van der Waals surface area contributed by atoms with Gasteiger partial charge >= 0.3 is 11.9 Å². The highest BCUT2D eigenvalue weighted by molar-refractivity contribution is 6.34. The minimum Gasteiger partial charge on any atom is -0.480 e. The molecule has 0 amide bonds. The summed E-state index contributed by atoms with van der Waals surface area (Å²) < 4.78 is 4.74. The third-order valence-corrected chi connectivity index (χ3v) is 1.35. The number of ether oxygens (including phenoxy) is 1. The second-order valence-corrected chi connectivity index (χ2v) is 4.07. The number of nitrogens with two attached hydrogens (primary N) is 1. The Balaban J connectivity index is 4.24. The monoisotopic (exact) mass is 217 g/mol. The molecule has 6 heteroatoms. The van der Waals surface area contributed by atoms with Crippen LogP contribution in [0.25, 0.3) is 0 Å². The van der Waals surface area contributed by atoms with Gasteiger partial charge in [-0.2, -0.15) is 0 Å². The van der Waals surface area contributed by atoms with Crippen molar-refractivity contribution in [2.24, 2.45) is 5.73 Å². The van der Waals surface area contributed by atoms with Crippen LogP contribution in [0.3, 0.4) is 0 Å². The van der Waals surface area contributed by atoms with Crippen LogP contribution in [0.1, 0.15) is 27.2 Å². The Morgan fingerprint density at radius 2 is 1.80 bits per heavy atom. The summed E-state index contributed by atoms with van der Waals surface area (Å²) >= 11 is 0. The van der Waals surface area contributed by atoms with E-state index >= 15 is 0 Å². The van der Waals surface area contributed by atoms with E-state index in [1.807, 2.05) is 0 Å². The zero-order chi connectivity index (χ0) is 12.2. The van der Waals surface area contributed by atoms with Crippen LogP contribution < -0.4 is 5.73 Å². The number of aliphatic carboxylic acids is 1. The summed E-state index contributed by atoms with van der Waals surface area (Å²) in [6, 6.07) is -1.37. The van der Waals surface area contributed by atoms with Crippen molar-refractivity contribution in [2.45, 2.75) is 38.8 Å². The maximum Gasteiger partial charge on any atom is 0.375 e. The summed E-state index contributed by atoms with van der Waals surface area (Å²) in [5, 5.41) is 8.42. The van der Waals surface area contributed by atoms with E-state index in [9.17, 15) is 14.4 Å². The predicted molar refractivity (Wildman–Crippen MR) is 51.1 cm³/mol. The van der Waals surface area contributed by atoms with Gasteiger partial charge in [0, 0.05) is 6.42 Å². The molecule has 0 unspecified atom stereocenters. The minimum absolute atomic E-state index is 0.551. The maximum absolute atomic E-state index is 11.1. The normalized spacial score (nSPS) is 13.1. The summed E-state index contributed by atoms with van der Waals surface area (Å²) in [4.78, 5) is 32.5. The van der Waals surface area contributed by atoms with Crippen LogP contribution in [0.2, 0.25) is 0 Å². The fourth-order valence-electron chi connectivity index (χ4n) is 0.705. The molecular weight excluding hydrogens is 202 g/mol. The molecule has 86 valence electrons. The van der Waals surface area contributed by atoms with Gasteiger partial charge < -0.3 is 15.6 Å². The first-order valence-electron chi connectivity index (χ1n) is 4.38. The third kappa shape index (κ3) is 5.79. The predicted octanol–water partition coefficient (Wildman–Crippen LogP) is -0.301. The number of Topliss-reactive ketones (excluding diaryl/α,β-unsaturated/α-hetero) is 1. The average Bonchev–Trinajstić information content (AvgIpc) is 2.00. The Morgan fingerprint density at radius 3 is 2.13 bits per heavy atom. The lowest BCUT2D eigenvalue weighted by Crippen LogP contribution is -2.37. The Labute approximate surface area is 87.4 Å². The number of carbonyl (C=O) groups excluding carboxylic acids is 2. The fraction of sp³-hybridized carbons (Fsp3) is 0.667. The van der Waals surface area contributed by atoms with Gasteiger partial charge in [0.2, 0.25) is 5.78 Å². The number of ketones is 1. The first kappa shape index (κ1) is 13.6. The number of carbonyl (C=O) groups is 3. The molecule has 15 heavy (non-hydrogen) atoms. The molecule has 0 aliphatic carbocycles. The van der Waals surface area contributed by atoms with E-state index in [2.05, 4.69) is 0 Å². The fourth-order valence-corrected chi connectivity index (χ4v) is 0.705. The Hall–Kier alpha value is -1.43. The lowest BCUT2D eigenvalue weighted by molar-refractivity contribution is -0.162. The molecule has 1 atom stereocenters. The SMILES string of the molecule is CC(C)(C)OC(=O)C(=O)C[C@H](N)C(=O)O. The van der Waals surface area contributed by atoms with Crippen molar-refractivity contribution >= 4 is 17.7 Å². The lowest BCUT2D eigenvalue weighted by atomic mass is 10.1. The second-order valence-electron chi connectivity index (χ2n) is 4.07. The van der Waals surface area contributed by atoms with E-state index in [4.69, 9.17) is 15.6 Å². The van der Waals surface area contributed by atoms with Crippen LogP contribution in [0, 0.1) is 0 Å². The molecule has 0 spiro atoms. The molecule has 0 aliphatic heterocycles. The van der Waals surface area contributed by atoms with Crippen LogP contribution in [0.4, 0.5) is 0 Å². The first-order valence-corrected chi connectivity index (χ1v) is 4.38. The smallest absolute Gasteiger partial charge is 0.375 e. The molecule has 0 aromatic heterocycles. The van der Waals surface area contributed by atoms with Gasteiger partial charge in [-0.3, -0.25) is 9.59 Å². The van der Waals surface area contributed by atoms with Gasteiger partial charge in [-0.25, -0.2) is 4.79 Å². The highest BCUT2D eigenvalue weighted by atomic mass is 16.6. The van der Waals surface area contributed by atoms with Crippen LogP contribution in [0.5, 0.6) is 0 Å². The molecule has 6 nitrogen and oxygen atoms in total. The highest BCUT2D eigenvalue weighted by Gasteiger charge is 2.26. The number of esters is 1. The van der Waals surface area contributed by atoms with Gasteiger partial charge in [0.05, 0.1) is 0 Å². The number of rotatable bonds is 4. The van der Waals surface area contributed by atoms with E-state index < -0.39 is 35.8 Å². The number of hydrogen-bond donors (Lipinski definition) is 2. The van der Waals surface area contributed by atoms with Crippen molar-refractivity contribution in [3.8, 4) is 0 Å². The molecule has 3 N–H and O–H groups in total. The minimum atomic E-state index is -1.37. The van der Waals surface area contributed by atoms with Crippen molar-refractivity contribution in [2.75, 3.05) is 0 Å². The zero-order valence-electron chi connectivity index (χ0n) is 8.94. The van der Waals surface area contributed by atoms with E-state index in [0.29, 0.717) is 0 Å². The third-order valence-electron chi connectivity index (χ3n) is 1.35. The summed E-state index contributed by atoms with van der Waals surface area (Å²) in [5.74, 6) is -3.31. The molecule has 0 rings (SSSR count).